The Bertz CT molecular complexity index is 641. The third-order valence-electron chi connectivity index (χ3n) is 4.85. The van der Waals surface area contributed by atoms with Gasteiger partial charge in [-0.2, -0.15) is 0 Å². The number of guanidine groups is 1. The Morgan fingerprint density at radius 1 is 1.17 bits per heavy atom. The van der Waals surface area contributed by atoms with Gasteiger partial charge in [0.15, 0.2) is 17.5 Å². The van der Waals surface area contributed by atoms with Gasteiger partial charge in [-0.15, -0.1) is 24.0 Å². The minimum Gasteiger partial charge on any atom is -0.493 e. The quantitative estimate of drug-likeness (QED) is 0.270. The van der Waals surface area contributed by atoms with Crippen molar-refractivity contribution in [3.8, 4) is 11.5 Å². The topological polar surface area (TPSA) is 76.6 Å². The number of benzene rings is 1. The molecule has 1 fully saturated rings. The number of aliphatic imine (C=N–C) groups is 1. The van der Waals surface area contributed by atoms with Crippen LogP contribution in [0.25, 0.3) is 0 Å². The summed E-state index contributed by atoms with van der Waals surface area (Å²) in [6.45, 7) is 9.38. The van der Waals surface area contributed by atoms with E-state index in [9.17, 15) is 0 Å². The lowest BCUT2D eigenvalue weighted by atomic mass is 10.0. The molecule has 0 saturated carbocycles. The number of nitrogens with one attached hydrogen (secondary N) is 2. The molecular formula is C21H37IN4O4. The van der Waals surface area contributed by atoms with Gasteiger partial charge in [0.2, 0.25) is 0 Å². The lowest BCUT2D eigenvalue weighted by Crippen LogP contribution is -2.45. The molecule has 0 aromatic heterocycles. The maximum Gasteiger partial charge on any atom is 0.191 e. The van der Waals surface area contributed by atoms with Crippen molar-refractivity contribution in [2.45, 2.75) is 25.9 Å². The van der Waals surface area contributed by atoms with Gasteiger partial charge in [0, 0.05) is 32.8 Å². The van der Waals surface area contributed by atoms with Crippen LogP contribution in [0.2, 0.25) is 0 Å². The summed E-state index contributed by atoms with van der Waals surface area (Å²) in [5.41, 5.74) is 1.15. The Morgan fingerprint density at radius 2 is 1.87 bits per heavy atom. The van der Waals surface area contributed by atoms with Crippen molar-refractivity contribution in [2.75, 3.05) is 67.3 Å². The minimum absolute atomic E-state index is 0. The third kappa shape index (κ3) is 8.09. The first kappa shape index (κ1) is 26.7. The molecule has 0 amide bonds. The van der Waals surface area contributed by atoms with Crippen LogP contribution in [-0.4, -0.2) is 84.2 Å². The van der Waals surface area contributed by atoms with Gasteiger partial charge in [0.25, 0.3) is 0 Å². The van der Waals surface area contributed by atoms with Crippen LogP contribution in [0, 0.1) is 0 Å². The Labute approximate surface area is 197 Å². The molecule has 1 aromatic carbocycles. The second-order valence-corrected chi connectivity index (χ2v) is 7.00. The van der Waals surface area contributed by atoms with Crippen LogP contribution in [0.3, 0.4) is 0 Å². The molecule has 1 aromatic rings. The molecule has 172 valence electrons. The predicted octanol–water partition coefficient (Wildman–Crippen LogP) is 2.29. The average Bonchev–Trinajstić information content (AvgIpc) is 2.74. The van der Waals surface area contributed by atoms with Crippen LogP contribution in [0.5, 0.6) is 11.5 Å². The molecule has 0 radical (unpaired) electrons. The Balaban J connectivity index is 0.00000450. The molecule has 1 saturated heterocycles. The van der Waals surface area contributed by atoms with Crippen LogP contribution >= 0.6 is 24.0 Å². The summed E-state index contributed by atoms with van der Waals surface area (Å²) in [7, 11) is 5.01. The van der Waals surface area contributed by atoms with Crippen molar-refractivity contribution >= 4 is 29.9 Å². The molecule has 2 atom stereocenters. The molecule has 0 spiro atoms. The number of nitrogens with zero attached hydrogens (tertiary/aromatic N) is 2. The molecule has 9 heteroatoms. The number of hydrogen-bond donors (Lipinski definition) is 2. The van der Waals surface area contributed by atoms with Crippen LogP contribution in [0.4, 0.5) is 0 Å². The number of morpholine rings is 1. The highest BCUT2D eigenvalue weighted by atomic mass is 127. The minimum atomic E-state index is 0. The number of methoxy groups -OCH3 is 3. The van der Waals surface area contributed by atoms with Crippen LogP contribution in [0.15, 0.2) is 23.2 Å². The van der Waals surface area contributed by atoms with Crippen molar-refractivity contribution in [3.63, 3.8) is 0 Å². The van der Waals surface area contributed by atoms with Gasteiger partial charge in [-0.1, -0.05) is 6.07 Å². The maximum atomic E-state index is 5.55. The molecule has 0 bridgehead atoms. The highest BCUT2D eigenvalue weighted by Gasteiger charge is 2.24. The molecule has 1 aliphatic rings. The van der Waals surface area contributed by atoms with E-state index in [1.54, 1.807) is 21.3 Å². The van der Waals surface area contributed by atoms with E-state index in [0.717, 1.165) is 55.9 Å². The number of halogens is 1. The van der Waals surface area contributed by atoms with Gasteiger partial charge in [0.1, 0.15) is 0 Å². The van der Waals surface area contributed by atoms with E-state index in [-0.39, 0.29) is 36.1 Å². The summed E-state index contributed by atoms with van der Waals surface area (Å²) in [6, 6.07) is 6.37. The van der Waals surface area contributed by atoms with Gasteiger partial charge in [-0.3, -0.25) is 9.89 Å². The van der Waals surface area contributed by atoms with E-state index < -0.39 is 0 Å². The zero-order chi connectivity index (χ0) is 21.1. The van der Waals surface area contributed by atoms with E-state index in [2.05, 4.69) is 35.4 Å². The van der Waals surface area contributed by atoms with Gasteiger partial charge in [0.05, 0.1) is 46.6 Å². The van der Waals surface area contributed by atoms with Crippen LogP contribution in [-0.2, 0) is 9.47 Å². The van der Waals surface area contributed by atoms with Crippen molar-refractivity contribution in [1.82, 2.24) is 15.5 Å². The summed E-state index contributed by atoms with van der Waals surface area (Å²) in [6.07, 6.45) is 0. The monoisotopic (exact) mass is 536 g/mol. The standard InChI is InChI=1S/C21H36N4O4.HI/c1-6-22-21(24-16(2)15-26-3)23-14-18(25-9-11-29-12-10-25)17-7-8-19(27-4)20(13-17)28-5;/h7-8,13,16,18H,6,9-12,14-15H2,1-5H3,(H2,22,23,24);1H. The first-order valence-electron chi connectivity index (χ1n) is 10.2. The van der Waals surface area contributed by atoms with Crippen LogP contribution < -0.4 is 20.1 Å². The highest BCUT2D eigenvalue weighted by Crippen LogP contribution is 2.32. The normalized spacial score (nSPS) is 16.9. The molecule has 8 nitrogen and oxygen atoms in total. The van der Waals surface area contributed by atoms with E-state index >= 15 is 0 Å². The van der Waals surface area contributed by atoms with Gasteiger partial charge < -0.3 is 29.6 Å². The fourth-order valence-corrected chi connectivity index (χ4v) is 3.40. The second kappa shape index (κ2) is 14.7. The second-order valence-electron chi connectivity index (χ2n) is 7.00. The third-order valence-corrected chi connectivity index (χ3v) is 4.85. The summed E-state index contributed by atoms with van der Waals surface area (Å²) in [4.78, 5) is 7.28. The smallest absolute Gasteiger partial charge is 0.191 e. The van der Waals surface area contributed by atoms with Gasteiger partial charge >= 0.3 is 0 Å². The number of hydrogen-bond acceptors (Lipinski definition) is 6. The van der Waals surface area contributed by atoms with E-state index in [1.807, 2.05) is 12.1 Å². The van der Waals surface area contributed by atoms with E-state index in [1.165, 1.54) is 0 Å². The van der Waals surface area contributed by atoms with Crippen LogP contribution in [0.1, 0.15) is 25.5 Å². The van der Waals surface area contributed by atoms with Crippen molar-refractivity contribution < 1.29 is 18.9 Å². The highest BCUT2D eigenvalue weighted by molar-refractivity contribution is 14.0. The fourth-order valence-electron chi connectivity index (χ4n) is 3.40. The van der Waals surface area contributed by atoms with E-state index in [4.69, 9.17) is 23.9 Å². The largest absolute Gasteiger partial charge is 0.493 e. The molecular weight excluding hydrogens is 499 g/mol. The Morgan fingerprint density at radius 3 is 2.47 bits per heavy atom. The van der Waals surface area contributed by atoms with Crippen molar-refractivity contribution in [3.05, 3.63) is 23.8 Å². The number of ether oxygens (including phenoxy) is 4. The molecule has 2 unspecified atom stereocenters. The maximum absolute atomic E-state index is 5.55. The first-order chi connectivity index (χ1) is 14.1. The fraction of sp³-hybridized carbons (Fsp3) is 0.667. The lowest BCUT2D eigenvalue weighted by Gasteiger charge is -2.34. The molecule has 0 aliphatic carbocycles. The molecule has 1 aliphatic heterocycles. The summed E-state index contributed by atoms with van der Waals surface area (Å²) in [5.74, 6) is 2.24. The molecule has 30 heavy (non-hydrogen) atoms. The summed E-state index contributed by atoms with van der Waals surface area (Å²) >= 11 is 0. The van der Waals surface area contributed by atoms with E-state index in [0.29, 0.717) is 13.2 Å². The number of rotatable bonds is 10. The first-order valence-corrected chi connectivity index (χ1v) is 10.2. The van der Waals surface area contributed by atoms with Gasteiger partial charge in [-0.25, -0.2) is 0 Å². The summed E-state index contributed by atoms with van der Waals surface area (Å²) < 4.78 is 21.7. The average molecular weight is 536 g/mol. The molecule has 2 rings (SSSR count). The molecule has 2 N–H and O–H groups in total. The molecule has 1 heterocycles. The lowest BCUT2D eigenvalue weighted by molar-refractivity contribution is 0.0179. The summed E-state index contributed by atoms with van der Waals surface area (Å²) in [5, 5.41) is 6.71. The Kier molecular flexibility index (Phi) is 13.1. The SMILES string of the molecule is CCNC(=NCC(c1ccc(OC)c(OC)c1)N1CCOCC1)NC(C)COC.I. The zero-order valence-corrected chi connectivity index (χ0v) is 21.1. The predicted molar refractivity (Wildman–Crippen MR) is 131 cm³/mol. The van der Waals surface area contributed by atoms with Crippen molar-refractivity contribution in [2.24, 2.45) is 4.99 Å². The van der Waals surface area contributed by atoms with Crippen molar-refractivity contribution in [1.29, 1.82) is 0 Å². The van der Waals surface area contributed by atoms with Gasteiger partial charge in [-0.05, 0) is 31.5 Å². The Hall–Kier alpha value is -1.30. The zero-order valence-electron chi connectivity index (χ0n) is 18.8.